The summed E-state index contributed by atoms with van der Waals surface area (Å²) in [5, 5.41) is 0. The molecule has 2 aliphatic carbocycles. The number of hydrogen-bond donors (Lipinski definition) is 1. The van der Waals surface area contributed by atoms with E-state index in [1.54, 1.807) is 0 Å². The maximum atomic E-state index is 5.95. The van der Waals surface area contributed by atoms with Crippen LogP contribution < -0.4 is 5.73 Å². The lowest BCUT2D eigenvalue weighted by atomic mass is 9.80. The molecule has 0 spiro atoms. The zero-order valence-electron chi connectivity index (χ0n) is 13.0. The number of benzene rings is 1. The fourth-order valence-corrected chi connectivity index (χ4v) is 4.26. The minimum Gasteiger partial charge on any atom is -0.399 e. The number of fused-ring (bicyclic) bond motifs is 1. The predicted molar refractivity (Wildman–Crippen MR) is 87.3 cm³/mol. The molecule has 0 saturated heterocycles. The van der Waals surface area contributed by atoms with Crippen LogP contribution in [0.5, 0.6) is 0 Å². The van der Waals surface area contributed by atoms with Crippen molar-refractivity contribution in [2.45, 2.75) is 57.9 Å². The smallest absolute Gasteiger partial charge is 0.113 e. The van der Waals surface area contributed by atoms with Crippen molar-refractivity contribution < 1.29 is 0 Å². The SMILES string of the molecule is CC1CC(C)CC(n2c(C3CC3)nc3cc(N)ccc32)C1. The highest BCUT2D eigenvalue weighted by molar-refractivity contribution is 5.80. The van der Waals surface area contributed by atoms with Gasteiger partial charge in [0.15, 0.2) is 0 Å². The van der Waals surface area contributed by atoms with Gasteiger partial charge in [0.05, 0.1) is 11.0 Å². The average molecular weight is 283 g/mol. The van der Waals surface area contributed by atoms with Crippen molar-refractivity contribution in [3.63, 3.8) is 0 Å². The Morgan fingerprint density at radius 3 is 2.48 bits per heavy atom. The van der Waals surface area contributed by atoms with Crippen LogP contribution in [0.25, 0.3) is 11.0 Å². The van der Waals surface area contributed by atoms with Crippen molar-refractivity contribution in [1.29, 1.82) is 0 Å². The molecule has 1 aromatic carbocycles. The minimum absolute atomic E-state index is 0.618. The van der Waals surface area contributed by atoms with Gasteiger partial charge in [-0.05, 0) is 62.1 Å². The van der Waals surface area contributed by atoms with E-state index in [1.165, 1.54) is 43.4 Å². The third kappa shape index (κ3) is 2.33. The maximum absolute atomic E-state index is 5.95. The summed E-state index contributed by atoms with van der Waals surface area (Å²) < 4.78 is 2.57. The lowest BCUT2D eigenvalue weighted by molar-refractivity contribution is 0.221. The van der Waals surface area contributed by atoms with Gasteiger partial charge in [0, 0.05) is 17.6 Å². The Morgan fingerprint density at radius 1 is 1.10 bits per heavy atom. The molecule has 21 heavy (non-hydrogen) atoms. The number of nitrogens with two attached hydrogens (primary N) is 1. The number of hydrogen-bond acceptors (Lipinski definition) is 2. The number of anilines is 1. The average Bonchev–Trinajstić information content (AvgIpc) is 3.18. The number of rotatable bonds is 2. The van der Waals surface area contributed by atoms with Crippen LogP contribution >= 0.6 is 0 Å². The van der Waals surface area contributed by atoms with E-state index >= 15 is 0 Å². The first kappa shape index (κ1) is 13.2. The van der Waals surface area contributed by atoms with E-state index in [4.69, 9.17) is 10.7 Å². The van der Waals surface area contributed by atoms with Crippen molar-refractivity contribution in [2.24, 2.45) is 11.8 Å². The van der Waals surface area contributed by atoms with Gasteiger partial charge in [-0.2, -0.15) is 0 Å². The summed E-state index contributed by atoms with van der Waals surface area (Å²) in [6.07, 6.45) is 6.56. The van der Waals surface area contributed by atoms with Gasteiger partial charge in [0.1, 0.15) is 5.82 Å². The van der Waals surface area contributed by atoms with E-state index in [-0.39, 0.29) is 0 Å². The summed E-state index contributed by atoms with van der Waals surface area (Å²) in [5.74, 6) is 3.64. The van der Waals surface area contributed by atoms with Crippen LogP contribution in [0.4, 0.5) is 5.69 Å². The van der Waals surface area contributed by atoms with Gasteiger partial charge >= 0.3 is 0 Å². The molecule has 0 amide bonds. The predicted octanol–water partition coefficient (Wildman–Crippen LogP) is 4.49. The van der Waals surface area contributed by atoms with E-state index in [1.807, 2.05) is 12.1 Å². The molecule has 2 fully saturated rings. The number of nitrogens with zero attached hydrogens (tertiary/aromatic N) is 2. The largest absolute Gasteiger partial charge is 0.399 e. The van der Waals surface area contributed by atoms with Gasteiger partial charge in [-0.25, -0.2) is 4.98 Å². The second kappa shape index (κ2) is 4.75. The van der Waals surface area contributed by atoms with E-state index in [0.29, 0.717) is 12.0 Å². The molecule has 0 radical (unpaired) electrons. The summed E-state index contributed by atoms with van der Waals surface area (Å²) in [5.41, 5.74) is 9.14. The molecule has 2 unspecified atom stereocenters. The van der Waals surface area contributed by atoms with Gasteiger partial charge in [-0.15, -0.1) is 0 Å². The summed E-state index contributed by atoms with van der Waals surface area (Å²) >= 11 is 0. The fraction of sp³-hybridized carbons (Fsp3) is 0.611. The van der Waals surface area contributed by atoms with Gasteiger partial charge in [-0.1, -0.05) is 13.8 Å². The molecular weight excluding hydrogens is 258 g/mol. The van der Waals surface area contributed by atoms with Crippen molar-refractivity contribution in [3.8, 4) is 0 Å². The number of imidazole rings is 1. The van der Waals surface area contributed by atoms with Gasteiger partial charge in [0.2, 0.25) is 0 Å². The lowest BCUT2D eigenvalue weighted by Gasteiger charge is -2.33. The quantitative estimate of drug-likeness (QED) is 0.825. The molecule has 3 nitrogen and oxygen atoms in total. The first-order valence-corrected chi connectivity index (χ1v) is 8.39. The highest BCUT2D eigenvalue weighted by Crippen LogP contribution is 2.45. The Hall–Kier alpha value is -1.51. The van der Waals surface area contributed by atoms with Crippen LogP contribution in [0, 0.1) is 11.8 Å². The minimum atomic E-state index is 0.618. The zero-order valence-corrected chi connectivity index (χ0v) is 13.0. The van der Waals surface area contributed by atoms with Crippen molar-refractivity contribution in [2.75, 3.05) is 5.73 Å². The fourth-order valence-electron chi connectivity index (χ4n) is 4.26. The van der Waals surface area contributed by atoms with Crippen molar-refractivity contribution >= 4 is 16.7 Å². The highest BCUT2D eigenvalue weighted by atomic mass is 15.1. The maximum Gasteiger partial charge on any atom is 0.113 e. The summed E-state index contributed by atoms with van der Waals surface area (Å²) in [4.78, 5) is 4.94. The molecular formula is C18H25N3. The molecule has 2 aromatic rings. The Bertz CT molecular complexity index is 658. The number of nitrogen functional groups attached to an aromatic ring is 1. The molecule has 4 rings (SSSR count). The Kier molecular flexibility index (Phi) is 2.98. The third-order valence-corrected chi connectivity index (χ3v) is 5.20. The summed E-state index contributed by atoms with van der Waals surface area (Å²) in [6.45, 7) is 4.80. The van der Waals surface area contributed by atoms with Gasteiger partial charge in [-0.3, -0.25) is 0 Å². The first-order valence-electron chi connectivity index (χ1n) is 8.39. The standard InChI is InChI=1S/C18H25N3/c1-11-7-12(2)9-15(8-11)21-17-6-5-14(19)10-16(17)20-18(21)13-3-4-13/h5-6,10-13,15H,3-4,7-9,19H2,1-2H3. The van der Waals surface area contributed by atoms with Crippen LogP contribution in [0.3, 0.4) is 0 Å². The molecule has 2 atom stereocenters. The van der Waals surface area contributed by atoms with Gasteiger partial charge < -0.3 is 10.3 Å². The molecule has 2 N–H and O–H groups in total. The van der Waals surface area contributed by atoms with Crippen molar-refractivity contribution in [3.05, 3.63) is 24.0 Å². The molecule has 0 aliphatic heterocycles. The van der Waals surface area contributed by atoms with Crippen LogP contribution in [0.15, 0.2) is 18.2 Å². The van der Waals surface area contributed by atoms with Crippen LogP contribution in [-0.2, 0) is 0 Å². The summed E-state index contributed by atoms with van der Waals surface area (Å²) in [7, 11) is 0. The van der Waals surface area contributed by atoms with Crippen LogP contribution in [0.1, 0.15) is 63.7 Å². The second-order valence-electron chi connectivity index (χ2n) is 7.43. The van der Waals surface area contributed by atoms with E-state index in [9.17, 15) is 0 Å². The zero-order chi connectivity index (χ0) is 14.6. The normalized spacial score (nSPS) is 29.9. The summed E-state index contributed by atoms with van der Waals surface area (Å²) in [6, 6.07) is 6.85. The second-order valence-corrected chi connectivity index (χ2v) is 7.43. The molecule has 2 aliphatic rings. The Labute approximate surface area is 126 Å². The van der Waals surface area contributed by atoms with Crippen molar-refractivity contribution in [1.82, 2.24) is 9.55 Å². The van der Waals surface area contributed by atoms with Crippen LogP contribution in [0.2, 0.25) is 0 Å². The Balaban J connectivity index is 1.83. The van der Waals surface area contributed by atoms with Crippen LogP contribution in [-0.4, -0.2) is 9.55 Å². The molecule has 112 valence electrons. The highest BCUT2D eigenvalue weighted by Gasteiger charge is 2.34. The molecule has 3 heteroatoms. The van der Waals surface area contributed by atoms with E-state index in [2.05, 4.69) is 24.5 Å². The monoisotopic (exact) mass is 283 g/mol. The van der Waals surface area contributed by atoms with Gasteiger partial charge in [0.25, 0.3) is 0 Å². The third-order valence-electron chi connectivity index (χ3n) is 5.20. The topological polar surface area (TPSA) is 43.8 Å². The van der Waals surface area contributed by atoms with E-state index < -0.39 is 0 Å². The molecule has 0 bridgehead atoms. The molecule has 1 heterocycles. The lowest BCUT2D eigenvalue weighted by Crippen LogP contribution is -2.23. The number of aromatic nitrogens is 2. The molecule has 2 saturated carbocycles. The molecule has 1 aromatic heterocycles. The van der Waals surface area contributed by atoms with E-state index in [0.717, 1.165) is 23.0 Å². The Morgan fingerprint density at radius 2 is 1.81 bits per heavy atom. The first-order chi connectivity index (χ1) is 10.1.